The molecule has 0 amide bonds. The molecule has 2 aromatic carbocycles. The zero-order chi connectivity index (χ0) is 40.1. The number of unbranched alkanes of at least 4 members (excludes halogenated alkanes) is 4. The third-order valence-electron chi connectivity index (χ3n) is 11.1. The second-order valence-corrected chi connectivity index (χ2v) is 15.4. The molecule has 0 bridgehead atoms. The molecule has 56 heavy (non-hydrogen) atoms. The van der Waals surface area contributed by atoms with E-state index in [2.05, 4.69) is 26.0 Å². The summed E-state index contributed by atoms with van der Waals surface area (Å²) in [6, 6.07) is 11.7. The Morgan fingerprint density at radius 1 is 0.571 bits per heavy atom. The number of ether oxygens (including phenoxy) is 4. The molecule has 10 heteroatoms. The molecule has 306 valence electrons. The lowest BCUT2D eigenvalue weighted by molar-refractivity contribution is -0.166. The molecule has 2 saturated carbocycles. The van der Waals surface area contributed by atoms with Crippen LogP contribution in [0.4, 0.5) is 0 Å². The Labute approximate surface area is 332 Å². The highest BCUT2D eigenvalue weighted by molar-refractivity contribution is 5.95. The van der Waals surface area contributed by atoms with Gasteiger partial charge in [0.05, 0.1) is 11.1 Å². The van der Waals surface area contributed by atoms with Gasteiger partial charge in [0.1, 0.15) is 24.7 Å². The topological polar surface area (TPSA) is 146 Å². The van der Waals surface area contributed by atoms with Crippen molar-refractivity contribution in [2.45, 2.75) is 129 Å². The van der Waals surface area contributed by atoms with Crippen LogP contribution in [-0.2, 0) is 19.1 Å². The van der Waals surface area contributed by atoms with Crippen molar-refractivity contribution in [3.8, 4) is 11.5 Å². The minimum Gasteiger partial charge on any atom is -0.490 e. The van der Waals surface area contributed by atoms with E-state index in [1.807, 2.05) is 12.2 Å². The lowest BCUT2D eigenvalue weighted by Gasteiger charge is -2.26. The highest BCUT2D eigenvalue weighted by Gasteiger charge is 2.41. The van der Waals surface area contributed by atoms with Crippen molar-refractivity contribution in [1.82, 2.24) is 0 Å². The van der Waals surface area contributed by atoms with Crippen molar-refractivity contribution in [3.63, 3.8) is 0 Å². The number of aliphatic carboxylic acids is 2. The molecule has 4 rings (SSSR count). The van der Waals surface area contributed by atoms with E-state index in [1.54, 1.807) is 24.3 Å². The van der Waals surface area contributed by atoms with Gasteiger partial charge in [-0.1, -0.05) is 89.5 Å². The number of benzene rings is 2. The second kappa shape index (κ2) is 24.1. The van der Waals surface area contributed by atoms with Crippen LogP contribution in [0.25, 0.3) is 0 Å². The largest absolute Gasteiger partial charge is 0.490 e. The van der Waals surface area contributed by atoms with E-state index in [-0.39, 0.29) is 11.1 Å². The van der Waals surface area contributed by atoms with Gasteiger partial charge in [-0.25, -0.2) is 19.2 Å². The Balaban J connectivity index is 1.20. The first kappa shape index (κ1) is 44.1. The average Bonchev–Trinajstić information content (AvgIpc) is 3.21. The summed E-state index contributed by atoms with van der Waals surface area (Å²) in [4.78, 5) is 49.9. The van der Waals surface area contributed by atoms with Gasteiger partial charge in [-0.2, -0.15) is 0 Å². The first-order valence-corrected chi connectivity index (χ1v) is 20.8. The third-order valence-corrected chi connectivity index (χ3v) is 11.1. The molecule has 0 heterocycles. The number of carboxylic acid groups (broad SMARTS) is 2. The quantitative estimate of drug-likeness (QED) is 0.0635. The molecule has 2 aromatic rings. The normalized spacial score (nSPS) is 21.0. The van der Waals surface area contributed by atoms with E-state index in [0.29, 0.717) is 36.5 Å². The maximum Gasteiger partial charge on any atom is 0.349 e. The van der Waals surface area contributed by atoms with Crippen molar-refractivity contribution in [2.75, 3.05) is 13.2 Å². The molecule has 0 spiro atoms. The number of carbonyl (C=O) groups excluding carboxylic acids is 2. The molecule has 2 fully saturated rings. The fourth-order valence-corrected chi connectivity index (χ4v) is 7.71. The molecule has 2 aliphatic carbocycles. The first-order chi connectivity index (χ1) is 27.2. The Bertz CT molecular complexity index is 1430. The van der Waals surface area contributed by atoms with Gasteiger partial charge < -0.3 is 29.2 Å². The van der Waals surface area contributed by atoms with E-state index in [4.69, 9.17) is 18.9 Å². The highest BCUT2D eigenvalue weighted by atomic mass is 16.6. The SMILES string of the molecule is CCCCCC1CCC(/C=C/COc2ccc(C(=O)O[C@@H](C(=O)O)[C@@H](OC(=O)c3ccc(OC/C=C/C4CCC(CCCCC)CC4)cc3)C(=O)O)cc2)CC1. The van der Waals surface area contributed by atoms with Gasteiger partial charge in [-0.15, -0.1) is 0 Å². The van der Waals surface area contributed by atoms with E-state index in [9.17, 15) is 29.4 Å². The van der Waals surface area contributed by atoms with Crippen molar-refractivity contribution in [2.24, 2.45) is 23.7 Å². The number of rotatable bonds is 23. The van der Waals surface area contributed by atoms with Crippen molar-refractivity contribution in [1.29, 1.82) is 0 Å². The predicted octanol–water partition coefficient (Wildman–Crippen LogP) is 10.3. The van der Waals surface area contributed by atoms with Crippen LogP contribution in [0, 0.1) is 23.7 Å². The minimum absolute atomic E-state index is 0.0269. The molecule has 0 radical (unpaired) electrons. The van der Waals surface area contributed by atoms with Crippen molar-refractivity contribution >= 4 is 23.9 Å². The van der Waals surface area contributed by atoms with Crippen LogP contribution in [0.15, 0.2) is 72.8 Å². The Morgan fingerprint density at radius 3 is 1.25 bits per heavy atom. The zero-order valence-corrected chi connectivity index (χ0v) is 33.3. The molecule has 2 N–H and O–H groups in total. The number of hydrogen-bond acceptors (Lipinski definition) is 8. The summed E-state index contributed by atoms with van der Waals surface area (Å²) in [5.74, 6) is -1.94. The number of hydrogen-bond donors (Lipinski definition) is 2. The summed E-state index contributed by atoms with van der Waals surface area (Å²) in [7, 11) is 0. The fourth-order valence-electron chi connectivity index (χ4n) is 7.71. The lowest BCUT2D eigenvalue weighted by Crippen LogP contribution is -2.45. The van der Waals surface area contributed by atoms with E-state index < -0.39 is 36.1 Å². The molecule has 0 saturated heterocycles. The summed E-state index contributed by atoms with van der Waals surface area (Å²) in [6.45, 7) is 5.20. The highest BCUT2D eigenvalue weighted by Crippen LogP contribution is 2.34. The molecular formula is C46H62O10. The number of allylic oxidation sites excluding steroid dienone is 2. The van der Waals surface area contributed by atoms with Gasteiger partial charge in [-0.3, -0.25) is 0 Å². The van der Waals surface area contributed by atoms with Crippen molar-refractivity contribution < 1.29 is 48.3 Å². The van der Waals surface area contributed by atoms with Gasteiger partial charge in [0.25, 0.3) is 0 Å². The average molecular weight is 775 g/mol. The Morgan fingerprint density at radius 2 is 0.929 bits per heavy atom. The van der Waals surface area contributed by atoms with Gasteiger partial charge in [-0.05, 0) is 124 Å². The van der Waals surface area contributed by atoms with Crippen LogP contribution in [-0.4, -0.2) is 59.5 Å². The maximum atomic E-state index is 12.9. The molecule has 0 aromatic heterocycles. The van der Waals surface area contributed by atoms with Crippen LogP contribution in [0.2, 0.25) is 0 Å². The van der Waals surface area contributed by atoms with E-state index in [0.717, 1.165) is 11.8 Å². The number of esters is 2. The van der Waals surface area contributed by atoms with Crippen LogP contribution < -0.4 is 9.47 Å². The standard InChI is InChI=1S/C46H62O10/c1-3-5-7-11-33-15-19-35(20-16-33)13-9-31-53-39-27-23-37(24-28-39)45(51)55-41(43(47)48)42(44(49)50)56-46(52)38-25-29-40(30-26-38)54-32-10-14-36-21-17-34(18-22-36)12-8-6-4-2/h9-10,13-14,23-30,33-36,41-42H,3-8,11-12,15-22,31-32H2,1-2H3,(H,47,48)(H,49,50)/b13-9+,14-10+/t33?,34?,35?,36?,41-,42-/m1/s1. The molecule has 2 aliphatic rings. The smallest absolute Gasteiger partial charge is 0.349 e. The lowest BCUT2D eigenvalue weighted by atomic mass is 9.79. The Hall–Kier alpha value is -4.60. The summed E-state index contributed by atoms with van der Waals surface area (Å²) in [5, 5.41) is 19.6. The first-order valence-electron chi connectivity index (χ1n) is 20.8. The van der Waals surface area contributed by atoms with Crippen LogP contribution in [0.5, 0.6) is 11.5 Å². The predicted molar refractivity (Wildman–Crippen MR) is 215 cm³/mol. The number of carbonyl (C=O) groups is 4. The van der Waals surface area contributed by atoms with Crippen molar-refractivity contribution in [3.05, 3.63) is 84.0 Å². The molecule has 0 aliphatic heterocycles. The summed E-state index contributed by atoms with van der Waals surface area (Å²) in [6.07, 6.45) is 24.2. The molecule has 0 unspecified atom stereocenters. The molecular weight excluding hydrogens is 712 g/mol. The van der Waals surface area contributed by atoms with E-state index >= 15 is 0 Å². The Kier molecular flexibility index (Phi) is 19.0. The maximum absolute atomic E-state index is 12.9. The van der Waals surface area contributed by atoms with Crippen LogP contribution in [0.3, 0.4) is 0 Å². The molecule has 10 nitrogen and oxygen atoms in total. The zero-order valence-electron chi connectivity index (χ0n) is 33.3. The van der Waals surface area contributed by atoms with E-state index in [1.165, 1.54) is 127 Å². The summed E-state index contributed by atoms with van der Waals surface area (Å²) >= 11 is 0. The van der Waals surface area contributed by atoms with Crippen LogP contribution in [0.1, 0.15) is 137 Å². The van der Waals surface area contributed by atoms with Crippen LogP contribution >= 0.6 is 0 Å². The summed E-state index contributed by atoms with van der Waals surface area (Å²) < 4.78 is 21.7. The number of carboxylic acids is 2. The minimum atomic E-state index is -2.30. The van der Waals surface area contributed by atoms with Gasteiger partial charge >= 0.3 is 23.9 Å². The third kappa shape index (κ3) is 15.1. The molecule has 2 atom stereocenters. The monoisotopic (exact) mass is 774 g/mol. The van der Waals surface area contributed by atoms with Gasteiger partial charge in [0.15, 0.2) is 0 Å². The van der Waals surface area contributed by atoms with Gasteiger partial charge in [0.2, 0.25) is 12.2 Å². The van der Waals surface area contributed by atoms with Gasteiger partial charge in [0, 0.05) is 0 Å². The second-order valence-electron chi connectivity index (χ2n) is 15.4. The fraction of sp³-hybridized carbons (Fsp3) is 0.565. The summed E-state index contributed by atoms with van der Waals surface area (Å²) in [5.41, 5.74) is -0.0538.